The lowest BCUT2D eigenvalue weighted by atomic mass is 10.3. The number of rotatable bonds is 7. The van der Waals surface area contributed by atoms with Crippen molar-refractivity contribution < 1.29 is 32.1 Å². The third kappa shape index (κ3) is 5.54. The van der Waals surface area contributed by atoms with E-state index in [1.165, 1.54) is 12.1 Å². The van der Waals surface area contributed by atoms with E-state index < -0.39 is 23.4 Å². The van der Waals surface area contributed by atoms with Crippen LogP contribution in [0.5, 0.6) is 17.4 Å². The topological polar surface area (TPSA) is 51.6 Å². The van der Waals surface area contributed by atoms with E-state index >= 15 is 0 Å². The third-order valence-electron chi connectivity index (χ3n) is 3.14. The molecule has 0 bridgehead atoms. The molecule has 0 saturated carbocycles. The second-order valence-corrected chi connectivity index (χ2v) is 5.97. The lowest BCUT2D eigenvalue weighted by Gasteiger charge is -2.11. The van der Waals surface area contributed by atoms with Gasteiger partial charge in [-0.3, -0.25) is 0 Å². The van der Waals surface area contributed by atoms with E-state index in [4.69, 9.17) is 32.7 Å². The normalized spacial score (nSPS) is 11.5. The van der Waals surface area contributed by atoms with Gasteiger partial charge in [-0.2, -0.15) is 13.2 Å². The van der Waals surface area contributed by atoms with Crippen molar-refractivity contribution in [2.75, 3.05) is 13.2 Å². The first-order valence-corrected chi connectivity index (χ1v) is 8.10. The zero-order valence-corrected chi connectivity index (χ0v) is 14.6. The number of phenols is 1. The highest BCUT2D eigenvalue weighted by atomic mass is 35.5. The van der Waals surface area contributed by atoms with Crippen molar-refractivity contribution in [1.29, 1.82) is 0 Å². The van der Waals surface area contributed by atoms with Crippen molar-refractivity contribution in [2.24, 2.45) is 0 Å². The molecule has 4 nitrogen and oxygen atoms in total. The van der Waals surface area contributed by atoms with Gasteiger partial charge in [0.05, 0.1) is 28.8 Å². The number of aromatic hydroxyl groups is 1. The molecule has 0 aliphatic rings. The largest absolute Gasteiger partial charge is 0.508 e. The lowest BCUT2D eigenvalue weighted by Crippen LogP contribution is -2.09. The quantitative estimate of drug-likeness (QED) is 0.481. The van der Waals surface area contributed by atoms with Crippen LogP contribution in [0.15, 0.2) is 24.4 Å². The van der Waals surface area contributed by atoms with Gasteiger partial charge in [0.2, 0.25) is 5.88 Å². The zero-order chi connectivity index (χ0) is 19.3. The van der Waals surface area contributed by atoms with Gasteiger partial charge < -0.3 is 14.6 Å². The van der Waals surface area contributed by atoms with E-state index in [1.54, 1.807) is 0 Å². The van der Waals surface area contributed by atoms with E-state index in [0.717, 1.165) is 0 Å². The summed E-state index contributed by atoms with van der Waals surface area (Å²) in [4.78, 5) is 3.33. The van der Waals surface area contributed by atoms with E-state index in [2.05, 4.69) is 4.98 Å². The Morgan fingerprint density at radius 3 is 2.12 bits per heavy atom. The predicted molar refractivity (Wildman–Crippen MR) is 87.5 cm³/mol. The Kier molecular flexibility index (Phi) is 6.77. The molecule has 0 fully saturated rings. The second kappa shape index (κ2) is 8.64. The lowest BCUT2D eigenvalue weighted by molar-refractivity contribution is -0.138. The maximum Gasteiger partial charge on any atom is 0.417 e. The van der Waals surface area contributed by atoms with E-state index in [1.807, 2.05) is 0 Å². The molecular formula is C16H13Cl2F4NO3. The smallest absolute Gasteiger partial charge is 0.417 e. The van der Waals surface area contributed by atoms with E-state index in [9.17, 15) is 22.7 Å². The molecule has 26 heavy (non-hydrogen) atoms. The van der Waals surface area contributed by atoms with Crippen LogP contribution in [0.3, 0.4) is 0 Å². The number of benzene rings is 1. The Balaban J connectivity index is 1.76. The van der Waals surface area contributed by atoms with Crippen LogP contribution in [0, 0.1) is 5.82 Å². The summed E-state index contributed by atoms with van der Waals surface area (Å²) in [7, 11) is 0. The highest BCUT2D eigenvalue weighted by molar-refractivity contribution is 6.37. The van der Waals surface area contributed by atoms with Crippen LogP contribution in [-0.4, -0.2) is 23.3 Å². The first-order valence-electron chi connectivity index (χ1n) is 7.35. The van der Waals surface area contributed by atoms with E-state index in [0.29, 0.717) is 25.1 Å². The number of aromatic nitrogens is 1. The molecule has 2 aromatic rings. The first kappa shape index (κ1) is 20.4. The van der Waals surface area contributed by atoms with Crippen molar-refractivity contribution in [2.45, 2.75) is 19.0 Å². The average molecular weight is 414 g/mol. The van der Waals surface area contributed by atoms with E-state index in [-0.39, 0.29) is 34.8 Å². The molecule has 0 atom stereocenters. The van der Waals surface area contributed by atoms with Gasteiger partial charge in [-0.05, 0) is 18.9 Å². The summed E-state index contributed by atoms with van der Waals surface area (Å²) in [6.45, 7) is 0.256. The molecule has 142 valence electrons. The molecule has 2 rings (SSSR count). The highest BCUT2D eigenvalue weighted by Gasteiger charge is 2.32. The van der Waals surface area contributed by atoms with Crippen LogP contribution < -0.4 is 9.47 Å². The fraction of sp³-hybridized carbons (Fsp3) is 0.312. The zero-order valence-electron chi connectivity index (χ0n) is 13.1. The molecule has 10 heteroatoms. The average Bonchev–Trinajstić information content (AvgIpc) is 2.52. The molecule has 1 heterocycles. The molecule has 0 spiro atoms. The maximum atomic E-state index is 13.5. The number of nitrogens with zero attached hydrogens (tertiary/aromatic N) is 1. The fourth-order valence-electron chi connectivity index (χ4n) is 1.92. The Labute approximate surface area is 156 Å². The Morgan fingerprint density at radius 1 is 1.00 bits per heavy atom. The summed E-state index contributed by atoms with van der Waals surface area (Å²) in [5.74, 6) is -1.54. The summed E-state index contributed by atoms with van der Waals surface area (Å²) >= 11 is 11.8. The summed E-state index contributed by atoms with van der Waals surface area (Å²) in [6, 6.07) is 2.90. The van der Waals surface area contributed by atoms with Crippen molar-refractivity contribution in [1.82, 2.24) is 4.98 Å². The molecule has 0 aliphatic heterocycles. The summed E-state index contributed by atoms with van der Waals surface area (Å²) in [6.07, 6.45) is -3.25. The van der Waals surface area contributed by atoms with Crippen LogP contribution in [0.25, 0.3) is 0 Å². The molecule has 1 aromatic carbocycles. The summed E-state index contributed by atoms with van der Waals surface area (Å²) < 4.78 is 61.2. The van der Waals surface area contributed by atoms with Crippen molar-refractivity contribution in [3.63, 3.8) is 0 Å². The van der Waals surface area contributed by atoms with Crippen LogP contribution in [0.1, 0.15) is 18.4 Å². The highest BCUT2D eigenvalue weighted by Crippen LogP contribution is 2.36. The predicted octanol–water partition coefficient (Wildman–Crippen LogP) is 5.49. The number of alkyl halides is 3. The minimum atomic E-state index is -4.67. The summed E-state index contributed by atoms with van der Waals surface area (Å²) in [5.41, 5.74) is -1.18. The molecular weight excluding hydrogens is 401 g/mol. The van der Waals surface area contributed by atoms with Gasteiger partial charge >= 0.3 is 6.18 Å². The van der Waals surface area contributed by atoms with Gasteiger partial charge in [0.15, 0.2) is 11.6 Å². The van der Waals surface area contributed by atoms with Crippen LogP contribution >= 0.6 is 23.2 Å². The standard InChI is InChI=1S/C16H13Cl2F4NO3/c17-11-6-10(24)7-12(18)14(11)25-3-1-2-4-26-15-13(19)5-9(8-23-15)16(20,21)22/h5-8,24H,1-4H2. The van der Waals surface area contributed by atoms with Gasteiger partial charge in [-0.1, -0.05) is 23.2 Å². The van der Waals surface area contributed by atoms with Crippen molar-refractivity contribution in [3.8, 4) is 17.4 Å². The van der Waals surface area contributed by atoms with Gasteiger partial charge in [-0.15, -0.1) is 0 Å². The van der Waals surface area contributed by atoms with Gasteiger partial charge in [0.25, 0.3) is 0 Å². The number of pyridine rings is 1. The van der Waals surface area contributed by atoms with Crippen LogP contribution in [0.4, 0.5) is 17.6 Å². The molecule has 1 aromatic heterocycles. The third-order valence-corrected chi connectivity index (χ3v) is 3.70. The van der Waals surface area contributed by atoms with Gasteiger partial charge in [0, 0.05) is 18.3 Å². The summed E-state index contributed by atoms with van der Waals surface area (Å²) in [5, 5.41) is 9.62. The molecule has 1 N–H and O–H groups in total. The van der Waals surface area contributed by atoms with Gasteiger partial charge in [0.1, 0.15) is 5.75 Å². The molecule has 0 aliphatic carbocycles. The maximum absolute atomic E-state index is 13.5. The Bertz CT molecular complexity index is 749. The monoisotopic (exact) mass is 413 g/mol. The second-order valence-electron chi connectivity index (χ2n) is 5.15. The number of hydrogen-bond donors (Lipinski definition) is 1. The van der Waals surface area contributed by atoms with Crippen LogP contribution in [0.2, 0.25) is 10.0 Å². The molecule has 0 amide bonds. The fourth-order valence-corrected chi connectivity index (χ4v) is 2.50. The van der Waals surface area contributed by atoms with Gasteiger partial charge in [-0.25, -0.2) is 9.37 Å². The van der Waals surface area contributed by atoms with Crippen LogP contribution in [-0.2, 0) is 6.18 Å². The SMILES string of the molecule is Oc1cc(Cl)c(OCCCCOc2ncc(C(F)(F)F)cc2F)c(Cl)c1. The minimum absolute atomic E-state index is 0.0374. The van der Waals surface area contributed by atoms with Crippen molar-refractivity contribution >= 4 is 23.2 Å². The number of hydrogen-bond acceptors (Lipinski definition) is 4. The number of phenolic OH excluding ortho intramolecular Hbond substituents is 1. The molecule has 0 saturated heterocycles. The Hall–Kier alpha value is -1.93. The molecule has 0 radical (unpaired) electrons. The number of unbranched alkanes of at least 4 members (excludes halogenated alkanes) is 1. The van der Waals surface area contributed by atoms with Crippen molar-refractivity contribution in [3.05, 3.63) is 45.8 Å². The number of ether oxygens (including phenoxy) is 2. The Morgan fingerprint density at radius 2 is 1.58 bits per heavy atom. The first-order chi connectivity index (χ1) is 12.2. The molecule has 0 unspecified atom stereocenters. The minimum Gasteiger partial charge on any atom is -0.508 e. The number of halogens is 6.